The number of para-hydroxylation sites is 1. The Morgan fingerprint density at radius 3 is 2.78 bits per heavy atom. The average Bonchev–Trinajstić information content (AvgIpc) is 2.46. The van der Waals surface area contributed by atoms with E-state index in [0.29, 0.717) is 5.57 Å². The van der Waals surface area contributed by atoms with Crippen LogP contribution in [0.2, 0.25) is 0 Å². The number of nitrogens with zero attached hydrogens (tertiary/aromatic N) is 1. The van der Waals surface area contributed by atoms with Gasteiger partial charge in [0.25, 0.3) is 5.09 Å². The first-order valence-electron chi connectivity index (χ1n) is 6.35. The van der Waals surface area contributed by atoms with Gasteiger partial charge in [0.05, 0.1) is 0 Å². The molecule has 2 N–H and O–H groups in total. The Labute approximate surface area is 137 Å². The molecule has 0 bridgehead atoms. The maximum atomic E-state index is 12.2. The first-order chi connectivity index (χ1) is 10.4. The van der Waals surface area contributed by atoms with Gasteiger partial charge in [-0.1, -0.05) is 18.2 Å². The van der Waals surface area contributed by atoms with Crippen molar-refractivity contribution in [2.45, 2.75) is 12.6 Å². The predicted octanol–water partition coefficient (Wildman–Crippen LogP) is 1.94. The highest BCUT2D eigenvalue weighted by atomic mass is 35.5. The van der Waals surface area contributed by atoms with Crippen molar-refractivity contribution >= 4 is 18.4 Å². The van der Waals surface area contributed by atoms with E-state index in [0.717, 1.165) is 0 Å². The number of halogens is 1. The Kier molecular flexibility index (Phi) is 5.97. The van der Waals surface area contributed by atoms with Gasteiger partial charge < -0.3 is 20.0 Å². The third-order valence-corrected chi connectivity index (χ3v) is 3.11. The van der Waals surface area contributed by atoms with E-state index in [1.807, 2.05) is 0 Å². The van der Waals surface area contributed by atoms with Crippen LogP contribution < -0.4 is 5.32 Å². The molecule has 1 unspecified atom stereocenters. The summed E-state index contributed by atoms with van der Waals surface area (Å²) in [6.07, 6.45) is 4.69. The largest absolute Gasteiger partial charge is 0.507 e. The molecular formula is C14H15ClN2O6. The number of ether oxygens (including phenoxy) is 1. The van der Waals surface area contributed by atoms with E-state index in [2.05, 4.69) is 10.2 Å². The van der Waals surface area contributed by atoms with Gasteiger partial charge in [0.15, 0.2) is 0 Å². The van der Waals surface area contributed by atoms with Gasteiger partial charge >= 0.3 is 5.97 Å². The zero-order valence-electron chi connectivity index (χ0n) is 12.1. The van der Waals surface area contributed by atoms with Crippen molar-refractivity contribution in [1.29, 1.82) is 0 Å². The number of esters is 1. The molecule has 1 atom stereocenters. The molecule has 124 valence electrons. The molecule has 0 spiro atoms. The maximum absolute atomic E-state index is 12.2. The second-order valence-electron chi connectivity index (χ2n) is 4.63. The fraction of sp³-hybridized carbons (Fsp3) is 0.214. The molecule has 1 aliphatic rings. The summed E-state index contributed by atoms with van der Waals surface area (Å²) < 4.78 is 5.36. The minimum absolute atomic E-state index is 0. The van der Waals surface area contributed by atoms with Crippen LogP contribution in [0.25, 0.3) is 0 Å². The van der Waals surface area contributed by atoms with Gasteiger partial charge in [0.1, 0.15) is 17.9 Å². The fourth-order valence-corrected chi connectivity index (χ4v) is 1.91. The Morgan fingerprint density at radius 2 is 2.13 bits per heavy atom. The van der Waals surface area contributed by atoms with Crippen molar-refractivity contribution in [3.63, 3.8) is 0 Å². The molecule has 0 aliphatic carbocycles. The van der Waals surface area contributed by atoms with Gasteiger partial charge in [0.2, 0.25) is 5.72 Å². The molecule has 8 nitrogen and oxygen atoms in total. The number of benzene rings is 1. The summed E-state index contributed by atoms with van der Waals surface area (Å²) in [7, 11) is 0. The van der Waals surface area contributed by atoms with E-state index in [1.165, 1.54) is 25.3 Å². The molecular weight excluding hydrogens is 328 g/mol. The topological polar surface area (TPSA) is 111 Å². The number of phenols is 1. The van der Waals surface area contributed by atoms with E-state index in [-0.39, 0.29) is 30.3 Å². The standard InChI is InChI=1S/C14H14N2O6.ClH/c1-14(10(5-4-8-15-14)9-21-16(19)20)22-13(18)11-6-2-3-7-12(11)17;/h2-8,15,17H,9H2,1H3;1H. The van der Waals surface area contributed by atoms with Crippen LogP contribution in [0.5, 0.6) is 5.75 Å². The van der Waals surface area contributed by atoms with Crippen molar-refractivity contribution in [2.24, 2.45) is 0 Å². The molecule has 0 amide bonds. The second-order valence-corrected chi connectivity index (χ2v) is 4.63. The van der Waals surface area contributed by atoms with Gasteiger partial charge in [-0.05, 0) is 25.1 Å². The molecule has 1 aliphatic heterocycles. The molecule has 0 aromatic heterocycles. The van der Waals surface area contributed by atoms with Crippen molar-refractivity contribution in [1.82, 2.24) is 5.32 Å². The molecule has 1 heterocycles. The zero-order chi connectivity index (χ0) is 16.2. The number of allylic oxidation sites excluding steroid dienone is 2. The molecule has 1 aromatic rings. The Hall–Kier alpha value is -2.74. The highest BCUT2D eigenvalue weighted by Crippen LogP contribution is 2.25. The summed E-state index contributed by atoms with van der Waals surface area (Å²) in [6, 6.07) is 5.93. The van der Waals surface area contributed by atoms with Gasteiger partial charge in [0, 0.05) is 11.8 Å². The lowest BCUT2D eigenvalue weighted by Crippen LogP contribution is -2.48. The van der Waals surface area contributed by atoms with Gasteiger partial charge in [-0.15, -0.1) is 22.5 Å². The first-order valence-corrected chi connectivity index (χ1v) is 6.35. The van der Waals surface area contributed by atoms with Crippen molar-refractivity contribution < 1.29 is 24.6 Å². The van der Waals surface area contributed by atoms with Crippen LogP contribution >= 0.6 is 12.4 Å². The number of carbonyl (C=O) groups is 1. The van der Waals surface area contributed by atoms with Crippen molar-refractivity contribution in [3.8, 4) is 5.75 Å². The number of hydrogen-bond acceptors (Lipinski definition) is 7. The molecule has 2 rings (SSSR count). The number of nitrogens with one attached hydrogen (secondary N) is 1. The maximum Gasteiger partial charge on any atom is 0.344 e. The number of rotatable bonds is 5. The molecule has 0 saturated carbocycles. The highest BCUT2D eigenvalue weighted by Gasteiger charge is 2.35. The number of carbonyl (C=O) groups excluding carboxylic acids is 1. The van der Waals surface area contributed by atoms with Gasteiger partial charge in [-0.3, -0.25) is 0 Å². The lowest BCUT2D eigenvalue weighted by molar-refractivity contribution is -0.755. The van der Waals surface area contributed by atoms with Gasteiger partial charge in [-0.2, -0.15) is 0 Å². The summed E-state index contributed by atoms with van der Waals surface area (Å²) in [5, 5.41) is 21.9. The average molecular weight is 343 g/mol. The summed E-state index contributed by atoms with van der Waals surface area (Å²) in [6.45, 7) is 1.18. The van der Waals surface area contributed by atoms with E-state index >= 15 is 0 Å². The summed E-state index contributed by atoms with van der Waals surface area (Å²) >= 11 is 0. The van der Waals surface area contributed by atoms with Crippen molar-refractivity contribution in [2.75, 3.05) is 6.61 Å². The molecule has 0 radical (unpaired) electrons. The summed E-state index contributed by atoms with van der Waals surface area (Å²) in [5.41, 5.74) is -0.963. The molecule has 0 fully saturated rings. The van der Waals surface area contributed by atoms with Crippen LogP contribution in [0.4, 0.5) is 0 Å². The lowest BCUT2D eigenvalue weighted by atomic mass is 10.0. The monoisotopic (exact) mass is 342 g/mol. The quantitative estimate of drug-likeness (QED) is 0.478. The number of aromatic hydroxyl groups is 1. The summed E-state index contributed by atoms with van der Waals surface area (Å²) in [4.78, 5) is 26.8. The predicted molar refractivity (Wildman–Crippen MR) is 82.5 cm³/mol. The van der Waals surface area contributed by atoms with E-state index in [1.54, 1.807) is 24.3 Å². The lowest BCUT2D eigenvalue weighted by Gasteiger charge is -2.33. The minimum atomic E-state index is -1.32. The smallest absolute Gasteiger partial charge is 0.344 e. The Bertz CT molecular complexity index is 660. The second kappa shape index (κ2) is 7.50. The van der Waals surface area contributed by atoms with Crippen LogP contribution in [0.3, 0.4) is 0 Å². The van der Waals surface area contributed by atoms with Crippen molar-refractivity contribution in [3.05, 3.63) is 63.9 Å². The number of phenolic OH excluding ortho intramolecular Hbond substituents is 1. The Morgan fingerprint density at radius 1 is 1.43 bits per heavy atom. The molecule has 23 heavy (non-hydrogen) atoms. The van der Waals surface area contributed by atoms with E-state index < -0.39 is 16.8 Å². The normalized spacial score (nSPS) is 18.9. The van der Waals surface area contributed by atoms with E-state index in [9.17, 15) is 20.0 Å². The van der Waals surface area contributed by atoms with Gasteiger partial charge in [-0.25, -0.2) is 4.79 Å². The number of dihydropyridines is 1. The third-order valence-electron chi connectivity index (χ3n) is 3.11. The third kappa shape index (κ3) is 4.36. The van der Waals surface area contributed by atoms with Crippen LogP contribution in [0, 0.1) is 10.1 Å². The van der Waals surface area contributed by atoms with Crippen LogP contribution in [0.1, 0.15) is 17.3 Å². The van der Waals surface area contributed by atoms with Crippen LogP contribution in [-0.4, -0.2) is 28.5 Å². The molecule has 9 heteroatoms. The highest BCUT2D eigenvalue weighted by molar-refractivity contribution is 5.92. The van der Waals surface area contributed by atoms with Crippen LogP contribution in [-0.2, 0) is 9.57 Å². The zero-order valence-corrected chi connectivity index (χ0v) is 12.9. The van der Waals surface area contributed by atoms with Crippen LogP contribution in [0.15, 0.2) is 48.2 Å². The minimum Gasteiger partial charge on any atom is -0.507 e. The first kappa shape index (κ1) is 18.3. The fourth-order valence-electron chi connectivity index (χ4n) is 1.91. The summed E-state index contributed by atoms with van der Waals surface area (Å²) in [5.74, 6) is -0.982. The molecule has 0 saturated heterocycles. The molecule has 1 aromatic carbocycles. The Balaban J connectivity index is 0.00000264. The SMILES string of the molecule is CC1(OC(=O)c2ccccc2O)NC=CC=C1CO[N+](=O)[O-].Cl. The van der Waals surface area contributed by atoms with E-state index in [4.69, 9.17) is 4.74 Å². The number of hydrogen-bond donors (Lipinski definition) is 2.